The summed E-state index contributed by atoms with van der Waals surface area (Å²) in [7, 11) is 0. The summed E-state index contributed by atoms with van der Waals surface area (Å²) in [5.74, 6) is 0.304. The molecule has 0 atom stereocenters. The smallest absolute Gasteiger partial charge is 0.262 e. The number of hydrogen-bond donors (Lipinski definition) is 1. The SMILES string of the molecule is N#Cc1ccc(OCC(=O)Nc2ccccc2-c2ccccc2)cc1. The number of hydrogen-bond acceptors (Lipinski definition) is 3. The molecule has 0 radical (unpaired) electrons. The molecule has 0 aliphatic rings. The quantitative estimate of drug-likeness (QED) is 0.762. The van der Waals surface area contributed by atoms with Crippen molar-refractivity contribution in [2.45, 2.75) is 0 Å². The van der Waals surface area contributed by atoms with Crippen LogP contribution in [0.1, 0.15) is 5.56 Å². The zero-order chi connectivity index (χ0) is 17.5. The van der Waals surface area contributed by atoms with Crippen LogP contribution >= 0.6 is 0 Å². The number of amides is 1. The molecule has 1 N–H and O–H groups in total. The fourth-order valence-corrected chi connectivity index (χ4v) is 2.42. The predicted octanol–water partition coefficient (Wildman–Crippen LogP) is 4.24. The number of nitriles is 1. The lowest BCUT2D eigenvalue weighted by Crippen LogP contribution is -2.20. The normalized spacial score (nSPS) is 9.88. The maximum atomic E-state index is 12.2. The highest BCUT2D eigenvalue weighted by molar-refractivity contribution is 5.96. The molecule has 0 aliphatic carbocycles. The molecule has 1 amide bonds. The summed E-state index contributed by atoms with van der Waals surface area (Å²) >= 11 is 0. The third-order valence-electron chi connectivity index (χ3n) is 3.64. The molecule has 122 valence electrons. The first-order valence-electron chi connectivity index (χ1n) is 7.83. The zero-order valence-electron chi connectivity index (χ0n) is 13.5. The Morgan fingerprint density at radius 2 is 1.60 bits per heavy atom. The highest BCUT2D eigenvalue weighted by atomic mass is 16.5. The van der Waals surface area contributed by atoms with Crippen LogP contribution in [0.4, 0.5) is 5.69 Å². The molecule has 4 nitrogen and oxygen atoms in total. The van der Waals surface area contributed by atoms with Crippen LogP contribution in [0.2, 0.25) is 0 Å². The Morgan fingerprint density at radius 1 is 0.920 bits per heavy atom. The Balaban J connectivity index is 1.66. The topological polar surface area (TPSA) is 62.1 Å². The number of benzene rings is 3. The van der Waals surface area contributed by atoms with Crippen molar-refractivity contribution in [1.82, 2.24) is 0 Å². The molecule has 0 saturated carbocycles. The molecule has 0 spiro atoms. The van der Waals surface area contributed by atoms with Crippen molar-refractivity contribution in [3.63, 3.8) is 0 Å². The minimum atomic E-state index is -0.243. The van der Waals surface area contributed by atoms with E-state index < -0.39 is 0 Å². The summed E-state index contributed by atoms with van der Waals surface area (Å²) in [5, 5.41) is 11.7. The van der Waals surface area contributed by atoms with Gasteiger partial charge in [-0.15, -0.1) is 0 Å². The molecule has 3 rings (SSSR count). The van der Waals surface area contributed by atoms with Crippen LogP contribution in [0.15, 0.2) is 78.9 Å². The van der Waals surface area contributed by atoms with Gasteiger partial charge in [0.1, 0.15) is 5.75 Å². The second kappa shape index (κ2) is 7.80. The van der Waals surface area contributed by atoms with Crippen molar-refractivity contribution in [2.75, 3.05) is 11.9 Å². The lowest BCUT2D eigenvalue weighted by atomic mass is 10.0. The van der Waals surface area contributed by atoms with E-state index in [1.165, 1.54) is 0 Å². The second-order valence-electron chi connectivity index (χ2n) is 5.38. The largest absolute Gasteiger partial charge is 0.484 e. The number of carbonyl (C=O) groups excluding carboxylic acids is 1. The van der Waals surface area contributed by atoms with E-state index >= 15 is 0 Å². The summed E-state index contributed by atoms with van der Waals surface area (Å²) in [6, 6.07) is 26.2. The van der Waals surface area contributed by atoms with Gasteiger partial charge in [-0.2, -0.15) is 5.26 Å². The van der Waals surface area contributed by atoms with Crippen molar-refractivity contribution in [3.05, 3.63) is 84.4 Å². The monoisotopic (exact) mass is 328 g/mol. The van der Waals surface area contributed by atoms with Crippen molar-refractivity contribution in [3.8, 4) is 22.9 Å². The van der Waals surface area contributed by atoms with Crippen LogP contribution in [0.5, 0.6) is 5.75 Å². The zero-order valence-corrected chi connectivity index (χ0v) is 13.5. The Hall–Kier alpha value is -3.58. The van der Waals surface area contributed by atoms with Gasteiger partial charge >= 0.3 is 0 Å². The van der Waals surface area contributed by atoms with E-state index in [1.807, 2.05) is 60.7 Å². The lowest BCUT2D eigenvalue weighted by Gasteiger charge is -2.12. The van der Waals surface area contributed by atoms with E-state index in [-0.39, 0.29) is 12.5 Å². The standard InChI is InChI=1S/C21H16N2O2/c22-14-16-10-12-18(13-11-16)25-15-21(24)23-20-9-5-4-8-19(20)17-6-2-1-3-7-17/h1-13H,15H2,(H,23,24). The molecule has 0 unspecified atom stereocenters. The van der Waals surface area contributed by atoms with E-state index in [9.17, 15) is 4.79 Å². The third kappa shape index (κ3) is 4.24. The summed E-state index contributed by atoms with van der Waals surface area (Å²) in [5.41, 5.74) is 3.27. The number of ether oxygens (including phenoxy) is 1. The minimum absolute atomic E-state index is 0.102. The fourth-order valence-electron chi connectivity index (χ4n) is 2.42. The number of nitrogens with one attached hydrogen (secondary N) is 1. The summed E-state index contributed by atoms with van der Waals surface area (Å²) in [6.45, 7) is -0.102. The molecular formula is C21H16N2O2. The first kappa shape index (κ1) is 16.3. The summed E-state index contributed by atoms with van der Waals surface area (Å²) in [4.78, 5) is 12.2. The first-order chi connectivity index (χ1) is 12.3. The van der Waals surface area contributed by atoms with Crippen LogP contribution in [-0.2, 0) is 4.79 Å². The van der Waals surface area contributed by atoms with Gasteiger partial charge in [0.2, 0.25) is 0 Å². The molecule has 3 aromatic carbocycles. The molecule has 4 heteroatoms. The maximum Gasteiger partial charge on any atom is 0.262 e. The van der Waals surface area contributed by atoms with Gasteiger partial charge in [-0.3, -0.25) is 4.79 Å². The Morgan fingerprint density at radius 3 is 2.32 bits per heavy atom. The summed E-state index contributed by atoms with van der Waals surface area (Å²) < 4.78 is 5.46. The maximum absolute atomic E-state index is 12.2. The van der Waals surface area contributed by atoms with Gasteiger partial charge in [-0.25, -0.2) is 0 Å². The van der Waals surface area contributed by atoms with E-state index in [0.717, 1.165) is 16.8 Å². The molecule has 0 heterocycles. The van der Waals surface area contributed by atoms with Crippen LogP contribution < -0.4 is 10.1 Å². The average molecular weight is 328 g/mol. The molecule has 0 aliphatic heterocycles. The molecule has 0 fully saturated rings. The predicted molar refractivity (Wildman–Crippen MR) is 97.2 cm³/mol. The van der Waals surface area contributed by atoms with Gasteiger partial charge in [0.05, 0.1) is 11.6 Å². The van der Waals surface area contributed by atoms with Crippen molar-refractivity contribution in [2.24, 2.45) is 0 Å². The van der Waals surface area contributed by atoms with E-state index in [0.29, 0.717) is 11.3 Å². The number of rotatable bonds is 5. The molecule has 0 aromatic heterocycles. The van der Waals surface area contributed by atoms with Gasteiger partial charge in [0.25, 0.3) is 5.91 Å². The third-order valence-corrected chi connectivity index (χ3v) is 3.64. The Kier molecular flexibility index (Phi) is 5.08. The van der Waals surface area contributed by atoms with Crippen LogP contribution in [0.3, 0.4) is 0 Å². The van der Waals surface area contributed by atoms with Gasteiger partial charge < -0.3 is 10.1 Å². The lowest BCUT2D eigenvalue weighted by molar-refractivity contribution is -0.118. The average Bonchev–Trinajstić information content (AvgIpc) is 2.68. The number of nitrogens with zero attached hydrogens (tertiary/aromatic N) is 1. The van der Waals surface area contributed by atoms with Gasteiger partial charge in [-0.1, -0.05) is 48.5 Å². The van der Waals surface area contributed by atoms with Crippen molar-refractivity contribution in [1.29, 1.82) is 5.26 Å². The van der Waals surface area contributed by atoms with Crippen molar-refractivity contribution < 1.29 is 9.53 Å². The number of para-hydroxylation sites is 1. The van der Waals surface area contributed by atoms with Gasteiger partial charge in [0, 0.05) is 11.3 Å². The molecule has 3 aromatic rings. The van der Waals surface area contributed by atoms with Crippen molar-refractivity contribution >= 4 is 11.6 Å². The molecule has 0 bridgehead atoms. The highest BCUT2D eigenvalue weighted by Crippen LogP contribution is 2.27. The molecular weight excluding hydrogens is 312 g/mol. The Labute approximate surface area is 146 Å². The number of anilines is 1. The van der Waals surface area contributed by atoms with Crippen LogP contribution in [-0.4, -0.2) is 12.5 Å². The van der Waals surface area contributed by atoms with Gasteiger partial charge in [-0.05, 0) is 35.9 Å². The summed E-state index contributed by atoms with van der Waals surface area (Å²) in [6.07, 6.45) is 0. The van der Waals surface area contributed by atoms with E-state index in [1.54, 1.807) is 24.3 Å². The Bertz CT molecular complexity index is 897. The van der Waals surface area contributed by atoms with E-state index in [2.05, 4.69) is 5.32 Å². The van der Waals surface area contributed by atoms with Crippen LogP contribution in [0.25, 0.3) is 11.1 Å². The highest BCUT2D eigenvalue weighted by Gasteiger charge is 2.08. The van der Waals surface area contributed by atoms with Gasteiger partial charge in [0.15, 0.2) is 6.61 Å². The van der Waals surface area contributed by atoms with E-state index in [4.69, 9.17) is 10.00 Å². The fraction of sp³-hybridized carbons (Fsp3) is 0.0476. The molecule has 25 heavy (non-hydrogen) atoms. The second-order valence-corrected chi connectivity index (χ2v) is 5.38. The first-order valence-corrected chi connectivity index (χ1v) is 7.83. The number of carbonyl (C=O) groups is 1. The minimum Gasteiger partial charge on any atom is -0.484 e. The molecule has 0 saturated heterocycles. The van der Waals surface area contributed by atoms with Crippen LogP contribution in [0, 0.1) is 11.3 Å².